The number of hydrogen-bond donors (Lipinski definition) is 3. The predicted octanol–water partition coefficient (Wildman–Crippen LogP) is 0.718. The molecule has 0 spiro atoms. The van der Waals surface area contributed by atoms with E-state index in [-0.39, 0.29) is 0 Å². The normalized spacial score (nSPS) is 11.0. The molecule has 0 bridgehead atoms. The largest absolute Gasteiger partial charge is 0.401 e. The first-order valence-electron chi connectivity index (χ1n) is 7.24. The summed E-state index contributed by atoms with van der Waals surface area (Å²) in [7, 11) is 1.63. The molecule has 0 amide bonds. The summed E-state index contributed by atoms with van der Waals surface area (Å²) < 4.78 is 10.2. The van der Waals surface area contributed by atoms with Crippen molar-refractivity contribution in [2.24, 2.45) is 11.6 Å². The number of aromatic nitrogens is 2. The van der Waals surface area contributed by atoms with E-state index in [2.05, 4.69) is 10.2 Å². The first kappa shape index (κ1) is 20.6. The van der Waals surface area contributed by atoms with Crippen LogP contribution in [0, 0.1) is 0 Å². The molecular weight excluding hydrogens is 304 g/mol. The van der Waals surface area contributed by atoms with Crippen LogP contribution in [0.1, 0.15) is 25.3 Å². The molecule has 0 aromatic carbocycles. The third-order valence-corrected chi connectivity index (χ3v) is 3.18. The lowest BCUT2D eigenvalue weighted by Crippen LogP contribution is -2.30. The molecule has 1 rings (SSSR count). The van der Waals surface area contributed by atoms with Crippen molar-refractivity contribution in [3.05, 3.63) is 16.9 Å². The molecule has 0 fully saturated rings. The number of hydrazine groups is 1. The summed E-state index contributed by atoms with van der Waals surface area (Å²) in [6, 6.07) is 0. The topological polar surface area (TPSA) is 126 Å². The number of nitrogens with two attached hydrogens (primary N) is 3. The Bertz CT molecular complexity index is 413. The highest BCUT2D eigenvalue weighted by Gasteiger charge is 2.02. The number of allylic oxidation sites excluding steroid dienone is 1. The summed E-state index contributed by atoms with van der Waals surface area (Å²) in [6.45, 7) is 6.22. The van der Waals surface area contributed by atoms with Crippen molar-refractivity contribution in [1.29, 1.82) is 0 Å². The highest BCUT2D eigenvalue weighted by molar-refractivity contribution is 7.15. The number of hydrogen-bond acceptors (Lipinski definition) is 9. The Morgan fingerprint density at radius 1 is 1.27 bits per heavy atom. The number of aryl methyl sites for hydroxylation is 1. The zero-order valence-electron chi connectivity index (χ0n) is 13.6. The van der Waals surface area contributed by atoms with E-state index in [4.69, 9.17) is 26.8 Å². The lowest BCUT2D eigenvalue weighted by Gasteiger charge is -2.14. The van der Waals surface area contributed by atoms with Crippen LogP contribution in [-0.4, -0.2) is 48.7 Å². The summed E-state index contributed by atoms with van der Waals surface area (Å²) in [5, 5.41) is 10.5. The van der Waals surface area contributed by atoms with E-state index in [1.165, 1.54) is 16.3 Å². The van der Waals surface area contributed by atoms with Crippen molar-refractivity contribution in [3.63, 3.8) is 0 Å². The molecule has 0 aliphatic heterocycles. The van der Waals surface area contributed by atoms with E-state index in [9.17, 15) is 0 Å². The Kier molecular flexibility index (Phi) is 12.4. The minimum Gasteiger partial charge on any atom is -0.401 e. The summed E-state index contributed by atoms with van der Waals surface area (Å²) in [5.41, 5.74) is 12.1. The van der Waals surface area contributed by atoms with Gasteiger partial charge in [-0.25, -0.2) is 5.84 Å². The van der Waals surface area contributed by atoms with Crippen LogP contribution in [0.25, 0.3) is 0 Å². The van der Waals surface area contributed by atoms with E-state index >= 15 is 0 Å². The highest BCUT2D eigenvalue weighted by atomic mass is 32.1. The summed E-state index contributed by atoms with van der Waals surface area (Å²) in [5.74, 6) is 5.78. The first-order valence-corrected chi connectivity index (χ1v) is 8.05. The number of methoxy groups -OCH3 is 1. The van der Waals surface area contributed by atoms with Gasteiger partial charge in [0.25, 0.3) is 0 Å². The molecule has 1 aromatic heterocycles. The van der Waals surface area contributed by atoms with Crippen molar-refractivity contribution in [3.8, 4) is 0 Å². The zero-order chi connectivity index (χ0) is 16.8. The van der Waals surface area contributed by atoms with Gasteiger partial charge in [-0.15, -0.1) is 10.2 Å². The minimum atomic E-state index is 0.469. The summed E-state index contributed by atoms with van der Waals surface area (Å²) >= 11 is 1.37. The van der Waals surface area contributed by atoms with Gasteiger partial charge in [0.05, 0.1) is 26.4 Å². The Morgan fingerprint density at radius 3 is 2.59 bits per heavy atom. The molecule has 0 saturated heterocycles. The average Bonchev–Trinajstić information content (AvgIpc) is 2.93. The molecule has 1 heterocycles. The zero-order valence-corrected chi connectivity index (χ0v) is 14.4. The maximum atomic E-state index is 5.89. The van der Waals surface area contributed by atoms with Crippen molar-refractivity contribution >= 4 is 16.5 Å². The Hall–Kier alpha value is -1.42. The third kappa shape index (κ3) is 10.3. The maximum Gasteiger partial charge on any atom is 0.203 e. The van der Waals surface area contributed by atoms with E-state index < -0.39 is 0 Å². The lowest BCUT2D eigenvalue weighted by molar-refractivity contribution is 0.0627. The molecule has 22 heavy (non-hydrogen) atoms. The van der Waals surface area contributed by atoms with E-state index in [1.807, 2.05) is 13.8 Å². The molecule has 1 aromatic rings. The first-order chi connectivity index (χ1) is 10.6. The highest BCUT2D eigenvalue weighted by Crippen LogP contribution is 2.13. The molecule has 0 aliphatic rings. The molecule has 0 aliphatic carbocycles. The quantitative estimate of drug-likeness (QED) is 0.325. The Morgan fingerprint density at radius 2 is 2.00 bits per heavy atom. The van der Waals surface area contributed by atoms with Crippen LogP contribution in [0.3, 0.4) is 0 Å². The number of nitrogens with zero attached hydrogens (tertiary/aromatic N) is 3. The third-order valence-electron chi connectivity index (χ3n) is 2.37. The number of anilines is 1. The van der Waals surface area contributed by atoms with E-state index in [0.29, 0.717) is 50.0 Å². The second kappa shape index (κ2) is 13.3. The fourth-order valence-electron chi connectivity index (χ4n) is 1.38. The molecule has 128 valence electrons. The van der Waals surface area contributed by atoms with Gasteiger partial charge in [-0.3, -0.25) is 0 Å². The minimum absolute atomic E-state index is 0.469. The Balaban J connectivity index is 0.00000211. The van der Waals surface area contributed by atoms with Gasteiger partial charge in [-0.05, 0) is 6.42 Å². The second-order valence-corrected chi connectivity index (χ2v) is 5.17. The fraction of sp³-hybridized carbons (Fsp3) is 0.692. The van der Waals surface area contributed by atoms with E-state index in [1.54, 1.807) is 13.3 Å². The standard InChI is InChI=1S/C11H22N6O2S.C2H6/c1-18-6-7-19-5-4-17(14)8-9(12)2-3-10-15-16-11(13)20-10;1-2/h8H,2-7,12,14H2,1H3,(H2,13,16);1-2H3/b9-8-;. The van der Waals surface area contributed by atoms with Crippen LogP contribution in [0.5, 0.6) is 0 Å². The SMILES string of the molecule is CC.COCCOCCN(N)/C=C(\N)CCc1nnc(N)s1. The fourth-order valence-corrected chi connectivity index (χ4v) is 1.98. The molecule has 8 nitrogen and oxygen atoms in total. The molecule has 0 radical (unpaired) electrons. The van der Waals surface area contributed by atoms with Crippen LogP contribution < -0.4 is 17.3 Å². The monoisotopic (exact) mass is 332 g/mol. The van der Waals surface area contributed by atoms with Crippen LogP contribution >= 0.6 is 11.3 Å². The van der Waals surface area contributed by atoms with Gasteiger partial charge < -0.3 is 25.9 Å². The average molecular weight is 332 g/mol. The van der Waals surface area contributed by atoms with Crippen LogP contribution in [-0.2, 0) is 15.9 Å². The van der Waals surface area contributed by atoms with E-state index in [0.717, 1.165) is 5.01 Å². The predicted molar refractivity (Wildman–Crippen MR) is 89.8 cm³/mol. The number of ether oxygens (including phenoxy) is 2. The summed E-state index contributed by atoms with van der Waals surface area (Å²) in [6.07, 6.45) is 3.06. The lowest BCUT2D eigenvalue weighted by atomic mass is 10.2. The smallest absolute Gasteiger partial charge is 0.203 e. The van der Waals surface area contributed by atoms with Gasteiger partial charge in [0.15, 0.2) is 0 Å². The molecule has 0 saturated carbocycles. The number of nitrogen functional groups attached to an aromatic ring is 1. The van der Waals surface area contributed by atoms with Crippen molar-refractivity contribution in [2.75, 3.05) is 39.2 Å². The molecule has 6 N–H and O–H groups in total. The van der Waals surface area contributed by atoms with Gasteiger partial charge >= 0.3 is 0 Å². The van der Waals surface area contributed by atoms with Crippen LogP contribution in [0.15, 0.2) is 11.9 Å². The molecular formula is C13H28N6O2S. The molecule has 0 unspecified atom stereocenters. The second-order valence-electron chi connectivity index (χ2n) is 4.08. The molecule has 0 atom stereocenters. The van der Waals surface area contributed by atoms with Crippen molar-refractivity contribution in [2.45, 2.75) is 26.7 Å². The molecule has 9 heteroatoms. The van der Waals surface area contributed by atoms with Crippen LogP contribution in [0.4, 0.5) is 5.13 Å². The van der Waals surface area contributed by atoms with Gasteiger partial charge in [0, 0.05) is 25.4 Å². The van der Waals surface area contributed by atoms with Gasteiger partial charge in [0.1, 0.15) is 5.01 Å². The van der Waals surface area contributed by atoms with Crippen LogP contribution in [0.2, 0.25) is 0 Å². The Labute approximate surface area is 136 Å². The maximum absolute atomic E-state index is 5.89. The van der Waals surface area contributed by atoms with Gasteiger partial charge in [-0.1, -0.05) is 25.2 Å². The van der Waals surface area contributed by atoms with Crippen molar-refractivity contribution in [1.82, 2.24) is 15.2 Å². The summed E-state index contributed by atoms with van der Waals surface area (Å²) in [4.78, 5) is 0. The van der Waals surface area contributed by atoms with Gasteiger partial charge in [-0.2, -0.15) is 0 Å². The van der Waals surface area contributed by atoms with Crippen molar-refractivity contribution < 1.29 is 9.47 Å². The van der Waals surface area contributed by atoms with Gasteiger partial charge in [0.2, 0.25) is 5.13 Å². The number of rotatable bonds is 10.